The van der Waals surface area contributed by atoms with E-state index in [2.05, 4.69) is 10.3 Å². The van der Waals surface area contributed by atoms with Gasteiger partial charge in [0.15, 0.2) is 0 Å². The average molecular weight is 287 g/mol. The van der Waals surface area contributed by atoms with Crippen LogP contribution in [-0.4, -0.2) is 30.1 Å². The van der Waals surface area contributed by atoms with Gasteiger partial charge in [-0.1, -0.05) is 0 Å². The molecule has 21 heavy (non-hydrogen) atoms. The zero-order valence-electron chi connectivity index (χ0n) is 12.0. The Morgan fingerprint density at radius 1 is 1.38 bits per heavy atom. The molecule has 112 valence electrons. The van der Waals surface area contributed by atoms with E-state index in [1.165, 1.54) is 6.42 Å². The van der Waals surface area contributed by atoms with Gasteiger partial charge in [0.25, 0.3) is 5.91 Å². The van der Waals surface area contributed by atoms with Crippen LogP contribution < -0.4 is 11.1 Å². The molecule has 0 saturated carbocycles. The van der Waals surface area contributed by atoms with Crippen LogP contribution in [0.15, 0.2) is 24.3 Å². The molecule has 1 amide bonds. The van der Waals surface area contributed by atoms with Crippen molar-refractivity contribution < 1.29 is 9.53 Å². The molecule has 1 unspecified atom stereocenters. The molecule has 1 aliphatic heterocycles. The Bertz CT molecular complexity index is 629. The Labute approximate surface area is 123 Å². The van der Waals surface area contributed by atoms with Crippen LogP contribution in [0.1, 0.15) is 36.2 Å². The lowest BCUT2D eigenvalue weighted by Crippen LogP contribution is -2.29. The van der Waals surface area contributed by atoms with Crippen LogP contribution >= 0.6 is 0 Å². The maximum Gasteiger partial charge on any atom is 0.267 e. The summed E-state index contributed by atoms with van der Waals surface area (Å²) < 4.78 is 5.65. The van der Waals surface area contributed by atoms with Crippen molar-refractivity contribution in [1.29, 1.82) is 0 Å². The lowest BCUT2D eigenvalue weighted by Gasteiger charge is -2.22. The topological polar surface area (TPSA) is 80.1 Å². The molecule has 1 aliphatic rings. The van der Waals surface area contributed by atoms with E-state index in [1.54, 1.807) is 0 Å². The predicted molar refractivity (Wildman–Crippen MR) is 83.3 cm³/mol. The molecule has 0 spiro atoms. The van der Waals surface area contributed by atoms with E-state index in [0.29, 0.717) is 24.0 Å². The van der Waals surface area contributed by atoms with Crippen molar-refractivity contribution in [2.75, 3.05) is 18.9 Å². The predicted octanol–water partition coefficient (Wildman–Crippen LogP) is 2.44. The zero-order valence-corrected chi connectivity index (χ0v) is 12.0. The third kappa shape index (κ3) is 3.36. The monoisotopic (exact) mass is 287 g/mol. The highest BCUT2D eigenvalue weighted by atomic mass is 16.5. The van der Waals surface area contributed by atoms with Gasteiger partial charge >= 0.3 is 0 Å². The van der Waals surface area contributed by atoms with Gasteiger partial charge in [-0.2, -0.15) is 0 Å². The van der Waals surface area contributed by atoms with Crippen molar-refractivity contribution in [3.05, 3.63) is 30.0 Å². The molecule has 2 heterocycles. The Hall–Kier alpha value is -2.01. The van der Waals surface area contributed by atoms with Crippen LogP contribution in [0.4, 0.5) is 5.69 Å². The van der Waals surface area contributed by atoms with E-state index in [0.717, 1.165) is 36.8 Å². The first-order valence-corrected chi connectivity index (χ1v) is 7.50. The third-order valence-electron chi connectivity index (χ3n) is 3.92. The summed E-state index contributed by atoms with van der Waals surface area (Å²) in [5.41, 5.74) is 7.93. The minimum Gasteiger partial charge on any atom is -0.399 e. The molecule has 1 atom stereocenters. The van der Waals surface area contributed by atoms with Crippen molar-refractivity contribution in [3.8, 4) is 0 Å². The Kier molecular flexibility index (Phi) is 4.10. The van der Waals surface area contributed by atoms with E-state index in [9.17, 15) is 4.79 Å². The fourth-order valence-electron chi connectivity index (χ4n) is 2.75. The molecular formula is C16H21N3O2. The number of aromatic amines is 1. The molecule has 2 aromatic rings. The number of nitrogens with two attached hydrogens (primary N) is 1. The van der Waals surface area contributed by atoms with Crippen molar-refractivity contribution in [1.82, 2.24) is 10.3 Å². The van der Waals surface area contributed by atoms with Crippen LogP contribution in [0.2, 0.25) is 0 Å². The third-order valence-corrected chi connectivity index (χ3v) is 3.92. The second kappa shape index (κ2) is 6.18. The first-order valence-electron chi connectivity index (χ1n) is 7.50. The molecular weight excluding hydrogens is 266 g/mol. The molecule has 0 aliphatic carbocycles. The first kappa shape index (κ1) is 13.9. The van der Waals surface area contributed by atoms with Gasteiger partial charge in [-0.05, 0) is 49.9 Å². The number of benzene rings is 1. The van der Waals surface area contributed by atoms with E-state index >= 15 is 0 Å². The Morgan fingerprint density at radius 3 is 3.10 bits per heavy atom. The molecule has 1 saturated heterocycles. The fourth-order valence-corrected chi connectivity index (χ4v) is 2.75. The quantitative estimate of drug-likeness (QED) is 0.756. The zero-order chi connectivity index (χ0) is 14.7. The Balaban J connectivity index is 1.56. The van der Waals surface area contributed by atoms with Gasteiger partial charge in [-0.3, -0.25) is 4.79 Å². The lowest BCUT2D eigenvalue weighted by atomic mass is 10.1. The summed E-state index contributed by atoms with van der Waals surface area (Å²) in [5.74, 6) is -0.0828. The molecule has 0 radical (unpaired) electrons. The van der Waals surface area contributed by atoms with E-state index in [4.69, 9.17) is 10.5 Å². The number of aromatic nitrogens is 1. The van der Waals surface area contributed by atoms with Gasteiger partial charge in [-0.15, -0.1) is 0 Å². The standard InChI is InChI=1S/C16H21N3O2/c17-12-4-5-14-11(9-12)10-15(19-14)16(20)18-7-6-13-3-1-2-8-21-13/h4-5,9-10,13,19H,1-3,6-8,17H2,(H,18,20). The summed E-state index contributed by atoms with van der Waals surface area (Å²) in [6.45, 7) is 1.49. The van der Waals surface area contributed by atoms with Crippen LogP contribution in [-0.2, 0) is 4.74 Å². The van der Waals surface area contributed by atoms with E-state index in [1.807, 2.05) is 24.3 Å². The maximum absolute atomic E-state index is 12.1. The average Bonchev–Trinajstić information content (AvgIpc) is 2.91. The highest BCUT2D eigenvalue weighted by Gasteiger charge is 2.14. The fraction of sp³-hybridized carbons (Fsp3) is 0.438. The highest BCUT2D eigenvalue weighted by molar-refractivity contribution is 5.98. The Morgan fingerprint density at radius 2 is 2.29 bits per heavy atom. The number of carbonyl (C=O) groups excluding carboxylic acids is 1. The number of ether oxygens (including phenoxy) is 1. The minimum atomic E-state index is -0.0828. The van der Waals surface area contributed by atoms with Gasteiger partial charge in [0.1, 0.15) is 5.69 Å². The molecule has 3 rings (SSSR count). The van der Waals surface area contributed by atoms with E-state index in [-0.39, 0.29) is 5.91 Å². The summed E-state index contributed by atoms with van der Waals surface area (Å²) in [6, 6.07) is 7.40. The van der Waals surface area contributed by atoms with Crippen LogP contribution in [0.3, 0.4) is 0 Å². The second-order valence-electron chi connectivity index (χ2n) is 5.56. The highest BCUT2D eigenvalue weighted by Crippen LogP contribution is 2.18. The number of nitrogen functional groups attached to an aromatic ring is 1. The molecule has 1 aromatic carbocycles. The molecule has 1 fully saturated rings. The summed E-state index contributed by atoms with van der Waals surface area (Å²) in [5, 5.41) is 3.89. The maximum atomic E-state index is 12.1. The minimum absolute atomic E-state index is 0.0828. The van der Waals surface area contributed by atoms with Crippen molar-refractivity contribution in [3.63, 3.8) is 0 Å². The van der Waals surface area contributed by atoms with Gasteiger partial charge < -0.3 is 20.8 Å². The number of carbonyl (C=O) groups is 1. The summed E-state index contributed by atoms with van der Waals surface area (Å²) in [4.78, 5) is 15.2. The SMILES string of the molecule is Nc1ccc2[nH]c(C(=O)NCCC3CCCCO3)cc2c1. The number of hydrogen-bond acceptors (Lipinski definition) is 3. The van der Waals surface area contributed by atoms with Crippen molar-refractivity contribution >= 4 is 22.5 Å². The van der Waals surface area contributed by atoms with Crippen LogP contribution in [0, 0.1) is 0 Å². The van der Waals surface area contributed by atoms with Crippen molar-refractivity contribution in [2.45, 2.75) is 31.8 Å². The molecule has 5 heteroatoms. The number of fused-ring (bicyclic) bond motifs is 1. The van der Waals surface area contributed by atoms with Gasteiger partial charge in [0, 0.05) is 29.7 Å². The molecule has 0 bridgehead atoms. The first-order chi connectivity index (χ1) is 10.2. The number of H-pyrrole nitrogens is 1. The number of rotatable bonds is 4. The number of anilines is 1. The largest absolute Gasteiger partial charge is 0.399 e. The number of amides is 1. The number of hydrogen-bond donors (Lipinski definition) is 3. The smallest absolute Gasteiger partial charge is 0.267 e. The van der Waals surface area contributed by atoms with E-state index < -0.39 is 0 Å². The van der Waals surface area contributed by atoms with Crippen LogP contribution in [0.25, 0.3) is 10.9 Å². The lowest BCUT2D eigenvalue weighted by molar-refractivity contribution is 0.0117. The van der Waals surface area contributed by atoms with Crippen LogP contribution in [0.5, 0.6) is 0 Å². The molecule has 1 aromatic heterocycles. The van der Waals surface area contributed by atoms with Gasteiger partial charge in [-0.25, -0.2) is 0 Å². The molecule has 5 nitrogen and oxygen atoms in total. The van der Waals surface area contributed by atoms with Gasteiger partial charge in [0.2, 0.25) is 0 Å². The summed E-state index contributed by atoms with van der Waals surface area (Å²) in [7, 11) is 0. The van der Waals surface area contributed by atoms with Gasteiger partial charge in [0.05, 0.1) is 6.10 Å². The summed E-state index contributed by atoms with van der Waals surface area (Å²) >= 11 is 0. The van der Waals surface area contributed by atoms with Crippen molar-refractivity contribution in [2.24, 2.45) is 0 Å². The summed E-state index contributed by atoms with van der Waals surface area (Å²) in [6.07, 6.45) is 4.64. The number of nitrogens with one attached hydrogen (secondary N) is 2. The molecule has 4 N–H and O–H groups in total. The normalized spacial score (nSPS) is 18.8. The second-order valence-corrected chi connectivity index (χ2v) is 5.56.